The number of thiophene rings is 1. The zero-order valence-electron chi connectivity index (χ0n) is 38.3. The number of hydrogen-bond donors (Lipinski definition) is 1. The Morgan fingerprint density at radius 2 is 1.42 bits per heavy atom. The highest BCUT2D eigenvalue weighted by molar-refractivity contribution is 7.33. The van der Waals surface area contributed by atoms with Crippen LogP contribution in [0.4, 0.5) is 22.7 Å². The van der Waals surface area contributed by atoms with Crippen LogP contribution >= 0.6 is 11.3 Å². The second-order valence-corrected chi connectivity index (χ2v) is 22.0. The Kier molecular flexibility index (Phi) is 11.1. The Morgan fingerprint density at radius 1 is 0.750 bits per heavy atom. The summed E-state index contributed by atoms with van der Waals surface area (Å²) < 4.78 is 2.73. The SMILES string of the molecule is Cc1ccc2c(c1)N(C1=CC(C)CC=C1c1ccccc1)c1c(sc3ccc(C(C)(C)C)cc13)B2c1ccc(C(C)(C)CCC(C)C)cc1Nc1ccc(C(C)(C)C)cc1. The van der Waals surface area contributed by atoms with Crippen molar-refractivity contribution in [3.63, 3.8) is 0 Å². The number of fused-ring (bicyclic) bond motifs is 4. The van der Waals surface area contributed by atoms with E-state index in [9.17, 15) is 0 Å². The van der Waals surface area contributed by atoms with Gasteiger partial charge in [0.25, 0.3) is 6.71 Å². The largest absolute Gasteiger partial charge is 0.356 e. The van der Waals surface area contributed by atoms with Gasteiger partial charge >= 0.3 is 0 Å². The van der Waals surface area contributed by atoms with E-state index >= 15 is 0 Å². The predicted octanol–water partition coefficient (Wildman–Crippen LogP) is 14.2. The summed E-state index contributed by atoms with van der Waals surface area (Å²) in [6.07, 6.45) is 8.40. The smallest absolute Gasteiger partial charge is 0.261 e. The van der Waals surface area contributed by atoms with Crippen molar-refractivity contribution in [2.45, 2.75) is 119 Å². The molecule has 1 unspecified atom stereocenters. The van der Waals surface area contributed by atoms with Gasteiger partial charge in [-0.1, -0.05) is 168 Å². The number of hydrogen-bond acceptors (Lipinski definition) is 3. The fourth-order valence-corrected chi connectivity index (χ4v) is 10.5. The highest BCUT2D eigenvalue weighted by Crippen LogP contribution is 2.47. The van der Waals surface area contributed by atoms with Crippen LogP contribution in [0.15, 0.2) is 127 Å². The summed E-state index contributed by atoms with van der Waals surface area (Å²) in [5, 5.41) is 5.38. The van der Waals surface area contributed by atoms with Crippen LogP contribution in [0.2, 0.25) is 0 Å². The third-order valence-corrected chi connectivity index (χ3v) is 14.3. The van der Waals surface area contributed by atoms with Crippen molar-refractivity contribution in [1.82, 2.24) is 0 Å². The first-order valence-electron chi connectivity index (χ1n) is 22.4. The molecule has 8 rings (SSSR count). The van der Waals surface area contributed by atoms with Crippen LogP contribution in [0.1, 0.15) is 123 Å². The predicted molar refractivity (Wildman–Crippen MR) is 267 cm³/mol. The monoisotopic (exact) mass is 808 g/mol. The number of allylic oxidation sites excluding steroid dienone is 3. The summed E-state index contributed by atoms with van der Waals surface area (Å²) in [7, 11) is 0. The minimum absolute atomic E-state index is 0.0158. The molecule has 0 bridgehead atoms. The first-order valence-corrected chi connectivity index (χ1v) is 23.2. The maximum absolute atomic E-state index is 4.04. The van der Waals surface area contributed by atoms with Gasteiger partial charge < -0.3 is 10.2 Å². The molecule has 0 amide bonds. The molecular formula is C56H65BN2S. The molecule has 0 spiro atoms. The number of nitrogens with one attached hydrogen (secondary N) is 1. The number of rotatable bonds is 9. The molecule has 2 heterocycles. The second-order valence-electron chi connectivity index (χ2n) is 20.9. The van der Waals surface area contributed by atoms with Crippen LogP contribution in [-0.2, 0) is 16.2 Å². The average molecular weight is 809 g/mol. The van der Waals surface area contributed by atoms with Crippen molar-refractivity contribution in [1.29, 1.82) is 0 Å². The van der Waals surface area contributed by atoms with Crippen LogP contribution in [0.3, 0.4) is 0 Å². The van der Waals surface area contributed by atoms with Gasteiger partial charge in [0.15, 0.2) is 0 Å². The fraction of sp³-hybridized carbons (Fsp3) is 0.357. The van der Waals surface area contributed by atoms with Gasteiger partial charge in [-0.15, -0.1) is 11.3 Å². The summed E-state index contributed by atoms with van der Waals surface area (Å²) in [5.74, 6) is 1.08. The van der Waals surface area contributed by atoms with Crippen molar-refractivity contribution in [3.05, 3.63) is 155 Å². The van der Waals surface area contributed by atoms with E-state index in [1.165, 1.54) is 88.4 Å². The van der Waals surface area contributed by atoms with E-state index in [0.717, 1.165) is 18.5 Å². The molecule has 1 aromatic heterocycles. The van der Waals surface area contributed by atoms with Gasteiger partial charge in [-0.3, -0.25) is 0 Å². The molecule has 60 heavy (non-hydrogen) atoms. The fourth-order valence-electron chi connectivity index (χ4n) is 9.16. The quantitative estimate of drug-likeness (QED) is 0.146. The Bertz CT molecular complexity index is 2590. The molecule has 0 saturated carbocycles. The Morgan fingerprint density at radius 3 is 2.10 bits per heavy atom. The minimum atomic E-state index is 0.0158. The molecule has 1 atom stereocenters. The van der Waals surface area contributed by atoms with E-state index in [2.05, 4.69) is 215 Å². The number of anilines is 4. The lowest BCUT2D eigenvalue weighted by molar-refractivity contribution is 0.415. The summed E-state index contributed by atoms with van der Waals surface area (Å²) in [4.78, 5) is 2.66. The van der Waals surface area contributed by atoms with Crippen molar-refractivity contribution in [2.24, 2.45) is 11.8 Å². The third kappa shape index (κ3) is 8.17. The zero-order valence-corrected chi connectivity index (χ0v) is 39.1. The normalized spacial score (nSPS) is 15.8. The Balaban J connectivity index is 1.39. The molecule has 2 aliphatic rings. The lowest BCUT2D eigenvalue weighted by Gasteiger charge is -2.39. The summed E-state index contributed by atoms with van der Waals surface area (Å²) in [6, 6.07) is 42.0. The molecule has 1 N–H and O–H groups in total. The van der Waals surface area contributed by atoms with Crippen LogP contribution in [0, 0.1) is 18.8 Å². The summed E-state index contributed by atoms with van der Waals surface area (Å²) in [5.41, 5.74) is 16.9. The van der Waals surface area contributed by atoms with E-state index in [-0.39, 0.29) is 23.0 Å². The first kappa shape index (κ1) is 41.9. The van der Waals surface area contributed by atoms with Crippen LogP contribution in [-0.4, -0.2) is 6.71 Å². The van der Waals surface area contributed by atoms with Gasteiger partial charge in [-0.2, -0.15) is 0 Å². The first-order chi connectivity index (χ1) is 28.4. The molecule has 0 saturated heterocycles. The molecule has 6 aromatic rings. The highest BCUT2D eigenvalue weighted by Gasteiger charge is 2.41. The molecule has 2 nitrogen and oxygen atoms in total. The molecule has 1 aliphatic carbocycles. The zero-order chi connectivity index (χ0) is 42.7. The molecule has 1 aliphatic heterocycles. The number of aryl methyl sites for hydroxylation is 1. The molecule has 308 valence electrons. The number of nitrogens with zero attached hydrogens (tertiary/aromatic N) is 1. The third-order valence-electron chi connectivity index (χ3n) is 13.0. The maximum atomic E-state index is 4.04. The molecule has 5 aromatic carbocycles. The highest BCUT2D eigenvalue weighted by atomic mass is 32.1. The van der Waals surface area contributed by atoms with Gasteiger partial charge in [-0.25, -0.2) is 0 Å². The van der Waals surface area contributed by atoms with Gasteiger partial charge in [-0.05, 0) is 123 Å². The van der Waals surface area contributed by atoms with E-state index < -0.39 is 0 Å². The topological polar surface area (TPSA) is 15.3 Å². The lowest BCUT2D eigenvalue weighted by Crippen LogP contribution is -2.57. The average Bonchev–Trinajstić information content (AvgIpc) is 3.57. The lowest BCUT2D eigenvalue weighted by atomic mass is 9.37. The second kappa shape index (κ2) is 15.9. The van der Waals surface area contributed by atoms with Crippen molar-refractivity contribution in [3.8, 4) is 0 Å². The van der Waals surface area contributed by atoms with Crippen LogP contribution in [0.5, 0.6) is 0 Å². The van der Waals surface area contributed by atoms with E-state index in [0.29, 0.717) is 11.8 Å². The van der Waals surface area contributed by atoms with E-state index in [4.69, 9.17) is 0 Å². The standard InChI is InChI=1S/C56H65BN2S/c1-36(2)30-31-56(11,12)42-22-28-46(48(35-42)58-43-24-20-40(21-25-43)54(5,6)7)57-47-27-19-38(4)33-50(47)59(49-32-37(3)18-26-44(49)39-16-14-13-15-17-39)52-45-34-41(55(8,9)10)23-29-51(45)60-53(52)57/h13-17,19-29,32-37,58H,18,30-31H2,1-12H3. The molecule has 0 fully saturated rings. The number of benzene rings is 5. The van der Waals surface area contributed by atoms with Gasteiger partial charge in [0.2, 0.25) is 0 Å². The Labute approximate surface area is 365 Å². The summed E-state index contributed by atoms with van der Waals surface area (Å²) >= 11 is 1.98. The molecule has 4 heteroatoms. The van der Waals surface area contributed by atoms with E-state index in [1.807, 2.05) is 11.3 Å². The maximum Gasteiger partial charge on any atom is 0.261 e. The molecular weight excluding hydrogens is 744 g/mol. The van der Waals surface area contributed by atoms with Crippen molar-refractivity contribution < 1.29 is 0 Å². The van der Waals surface area contributed by atoms with Crippen molar-refractivity contribution in [2.75, 3.05) is 10.2 Å². The van der Waals surface area contributed by atoms with Crippen molar-refractivity contribution >= 4 is 72.2 Å². The van der Waals surface area contributed by atoms with Gasteiger partial charge in [0.05, 0.1) is 5.69 Å². The minimum Gasteiger partial charge on any atom is -0.356 e. The Hall–Kier alpha value is -4.80. The van der Waals surface area contributed by atoms with Gasteiger partial charge in [0, 0.05) is 43.2 Å². The van der Waals surface area contributed by atoms with Crippen LogP contribution < -0.4 is 25.9 Å². The van der Waals surface area contributed by atoms with E-state index in [1.54, 1.807) is 0 Å². The molecule has 0 radical (unpaired) electrons. The van der Waals surface area contributed by atoms with Gasteiger partial charge in [0.1, 0.15) is 0 Å². The summed E-state index contributed by atoms with van der Waals surface area (Å²) in [6.45, 7) is 28.1. The van der Waals surface area contributed by atoms with Crippen LogP contribution in [0.25, 0.3) is 15.7 Å².